The summed E-state index contributed by atoms with van der Waals surface area (Å²) < 4.78 is 5.38. The molecular formula is C15H16N2O. The smallest absolute Gasteiger partial charge is 0.142 e. The highest BCUT2D eigenvalue weighted by Gasteiger charge is 2.38. The van der Waals surface area contributed by atoms with Gasteiger partial charge in [-0.2, -0.15) is 0 Å². The number of fused-ring (bicyclic) bond motifs is 1. The van der Waals surface area contributed by atoms with Crippen LogP contribution in [0.5, 0.6) is 5.75 Å². The molecule has 3 rings (SSSR count). The van der Waals surface area contributed by atoms with Gasteiger partial charge in [0.2, 0.25) is 0 Å². The molecule has 0 radical (unpaired) electrons. The predicted octanol–water partition coefficient (Wildman–Crippen LogP) is 2.04. The van der Waals surface area contributed by atoms with Crippen molar-refractivity contribution in [2.75, 3.05) is 7.11 Å². The minimum Gasteiger partial charge on any atom is -0.495 e. The molecule has 0 saturated carbocycles. The molecule has 1 aromatic carbocycles. The number of nitrogens with zero attached hydrogens (tertiary/aromatic N) is 1. The topological polar surface area (TPSA) is 48.1 Å². The summed E-state index contributed by atoms with van der Waals surface area (Å²) in [5.74, 6) is 0.771. The fraction of sp³-hybridized carbons (Fsp3) is 0.267. The maximum absolute atomic E-state index is 6.56. The van der Waals surface area contributed by atoms with Crippen molar-refractivity contribution in [2.24, 2.45) is 5.73 Å². The Kier molecular flexibility index (Phi) is 2.56. The van der Waals surface area contributed by atoms with E-state index in [1.807, 2.05) is 12.1 Å². The van der Waals surface area contributed by atoms with E-state index < -0.39 is 5.54 Å². The fourth-order valence-electron chi connectivity index (χ4n) is 2.74. The summed E-state index contributed by atoms with van der Waals surface area (Å²) in [6.45, 7) is 0. The van der Waals surface area contributed by atoms with Crippen LogP contribution < -0.4 is 10.5 Å². The number of hydrogen-bond acceptors (Lipinski definition) is 3. The number of pyridine rings is 1. The zero-order valence-corrected chi connectivity index (χ0v) is 10.4. The number of aromatic nitrogens is 1. The van der Waals surface area contributed by atoms with Gasteiger partial charge in [0.15, 0.2) is 0 Å². The number of ether oxygens (including phenoxy) is 1. The Balaban J connectivity index is 2.04. The molecule has 2 aromatic rings. The lowest BCUT2D eigenvalue weighted by atomic mass is 9.91. The molecular weight excluding hydrogens is 224 g/mol. The lowest BCUT2D eigenvalue weighted by molar-refractivity contribution is 0.374. The molecule has 0 spiro atoms. The van der Waals surface area contributed by atoms with E-state index in [0.29, 0.717) is 0 Å². The van der Waals surface area contributed by atoms with Crippen LogP contribution in [-0.2, 0) is 18.4 Å². The largest absolute Gasteiger partial charge is 0.495 e. The van der Waals surface area contributed by atoms with Crippen molar-refractivity contribution < 1.29 is 4.74 Å². The number of methoxy groups -OCH3 is 1. The molecule has 92 valence electrons. The summed E-state index contributed by atoms with van der Waals surface area (Å²) in [6, 6.07) is 12.2. The molecule has 3 nitrogen and oxygen atoms in total. The van der Waals surface area contributed by atoms with Crippen molar-refractivity contribution in [2.45, 2.75) is 18.4 Å². The van der Waals surface area contributed by atoms with Crippen LogP contribution >= 0.6 is 0 Å². The van der Waals surface area contributed by atoms with Gasteiger partial charge in [0.1, 0.15) is 11.4 Å². The quantitative estimate of drug-likeness (QED) is 0.874. The third-order valence-electron chi connectivity index (χ3n) is 3.59. The van der Waals surface area contributed by atoms with Gasteiger partial charge in [0, 0.05) is 6.20 Å². The van der Waals surface area contributed by atoms with E-state index in [4.69, 9.17) is 10.5 Å². The highest BCUT2D eigenvalue weighted by Crippen LogP contribution is 2.38. The van der Waals surface area contributed by atoms with Crippen LogP contribution in [0.2, 0.25) is 0 Å². The first-order valence-electron chi connectivity index (χ1n) is 6.08. The summed E-state index contributed by atoms with van der Waals surface area (Å²) in [6.07, 6.45) is 3.41. The van der Waals surface area contributed by atoms with Crippen molar-refractivity contribution in [3.63, 3.8) is 0 Å². The van der Waals surface area contributed by atoms with Crippen molar-refractivity contribution in [1.29, 1.82) is 0 Å². The number of nitrogens with two attached hydrogens (primary N) is 1. The second kappa shape index (κ2) is 4.10. The molecule has 1 aromatic heterocycles. The van der Waals surface area contributed by atoms with E-state index in [1.54, 1.807) is 13.3 Å². The summed E-state index contributed by atoms with van der Waals surface area (Å²) >= 11 is 0. The zero-order valence-electron chi connectivity index (χ0n) is 10.4. The summed E-state index contributed by atoms with van der Waals surface area (Å²) in [4.78, 5) is 4.44. The van der Waals surface area contributed by atoms with E-state index in [1.165, 1.54) is 11.1 Å². The standard InChI is InChI=1S/C15H16N2O/c1-18-13-7-4-8-17-14(13)15(16)9-11-5-2-3-6-12(11)10-15/h2-8H,9-10,16H2,1H3. The molecule has 0 unspecified atom stereocenters. The fourth-order valence-corrected chi connectivity index (χ4v) is 2.74. The molecule has 1 aliphatic carbocycles. The Morgan fingerprint density at radius 3 is 2.39 bits per heavy atom. The first-order chi connectivity index (χ1) is 8.73. The summed E-state index contributed by atoms with van der Waals surface area (Å²) in [7, 11) is 1.66. The molecule has 0 fully saturated rings. The minimum absolute atomic E-state index is 0.448. The van der Waals surface area contributed by atoms with Gasteiger partial charge in [0.25, 0.3) is 0 Å². The molecule has 0 amide bonds. The molecule has 2 N–H and O–H groups in total. The van der Waals surface area contributed by atoms with Crippen LogP contribution in [0, 0.1) is 0 Å². The lowest BCUT2D eigenvalue weighted by Gasteiger charge is -2.24. The minimum atomic E-state index is -0.448. The second-order valence-corrected chi connectivity index (χ2v) is 4.83. The summed E-state index contributed by atoms with van der Waals surface area (Å²) in [5.41, 5.74) is 9.59. The average Bonchev–Trinajstić information content (AvgIpc) is 2.76. The van der Waals surface area contributed by atoms with Gasteiger partial charge in [-0.3, -0.25) is 4.98 Å². The van der Waals surface area contributed by atoms with Gasteiger partial charge in [-0.25, -0.2) is 0 Å². The highest BCUT2D eigenvalue weighted by atomic mass is 16.5. The van der Waals surface area contributed by atoms with Crippen LogP contribution in [0.25, 0.3) is 0 Å². The number of benzene rings is 1. The molecule has 3 heteroatoms. The van der Waals surface area contributed by atoms with E-state index in [0.717, 1.165) is 24.3 Å². The van der Waals surface area contributed by atoms with Crippen molar-refractivity contribution in [3.8, 4) is 5.75 Å². The van der Waals surface area contributed by atoms with Crippen molar-refractivity contribution in [3.05, 3.63) is 59.4 Å². The van der Waals surface area contributed by atoms with Gasteiger partial charge in [-0.1, -0.05) is 24.3 Å². The molecule has 0 aliphatic heterocycles. The maximum Gasteiger partial charge on any atom is 0.142 e. The molecule has 0 atom stereocenters. The first-order valence-corrected chi connectivity index (χ1v) is 6.08. The van der Waals surface area contributed by atoms with Gasteiger partial charge in [0.05, 0.1) is 12.6 Å². The van der Waals surface area contributed by atoms with Crippen LogP contribution in [0.4, 0.5) is 0 Å². The highest BCUT2D eigenvalue weighted by molar-refractivity contribution is 5.43. The monoisotopic (exact) mass is 240 g/mol. The average molecular weight is 240 g/mol. The van der Waals surface area contributed by atoms with Gasteiger partial charge in [-0.15, -0.1) is 0 Å². The van der Waals surface area contributed by atoms with Crippen LogP contribution in [0.15, 0.2) is 42.6 Å². The van der Waals surface area contributed by atoms with Gasteiger partial charge in [-0.05, 0) is 36.1 Å². The molecule has 0 saturated heterocycles. The Bertz CT molecular complexity index is 555. The Morgan fingerprint density at radius 2 is 1.78 bits per heavy atom. The molecule has 0 bridgehead atoms. The zero-order chi connectivity index (χ0) is 12.6. The summed E-state index contributed by atoms with van der Waals surface area (Å²) in [5, 5.41) is 0. The molecule has 18 heavy (non-hydrogen) atoms. The van der Waals surface area contributed by atoms with Crippen molar-refractivity contribution in [1.82, 2.24) is 4.98 Å². The number of hydrogen-bond donors (Lipinski definition) is 1. The molecule has 1 aliphatic rings. The number of rotatable bonds is 2. The Morgan fingerprint density at radius 1 is 1.11 bits per heavy atom. The third-order valence-corrected chi connectivity index (χ3v) is 3.59. The SMILES string of the molecule is COc1cccnc1C1(N)Cc2ccccc2C1. The van der Waals surface area contributed by atoms with Crippen LogP contribution in [0.3, 0.4) is 0 Å². The third kappa shape index (κ3) is 1.68. The Labute approximate surface area is 107 Å². The van der Waals surface area contributed by atoms with E-state index in [2.05, 4.69) is 29.2 Å². The lowest BCUT2D eigenvalue weighted by Crippen LogP contribution is -2.38. The van der Waals surface area contributed by atoms with E-state index in [9.17, 15) is 0 Å². The predicted molar refractivity (Wildman–Crippen MR) is 70.5 cm³/mol. The Hall–Kier alpha value is -1.87. The van der Waals surface area contributed by atoms with E-state index in [-0.39, 0.29) is 0 Å². The molecule has 1 heterocycles. The second-order valence-electron chi connectivity index (χ2n) is 4.83. The maximum atomic E-state index is 6.56. The van der Waals surface area contributed by atoms with Crippen molar-refractivity contribution >= 4 is 0 Å². The van der Waals surface area contributed by atoms with Crippen LogP contribution in [-0.4, -0.2) is 12.1 Å². The van der Waals surface area contributed by atoms with Gasteiger partial charge >= 0.3 is 0 Å². The van der Waals surface area contributed by atoms with Gasteiger partial charge < -0.3 is 10.5 Å². The first kappa shape index (κ1) is 11.2. The normalized spacial score (nSPS) is 16.3. The van der Waals surface area contributed by atoms with Crippen LogP contribution in [0.1, 0.15) is 16.8 Å². The van der Waals surface area contributed by atoms with E-state index >= 15 is 0 Å².